The van der Waals surface area contributed by atoms with Crippen LogP contribution in [-0.2, 0) is 19.1 Å². The highest BCUT2D eigenvalue weighted by molar-refractivity contribution is 5.84. The van der Waals surface area contributed by atoms with E-state index in [0.29, 0.717) is 32.5 Å². The molecule has 36 heavy (non-hydrogen) atoms. The van der Waals surface area contributed by atoms with Gasteiger partial charge in [-0.2, -0.15) is 0 Å². The molecule has 0 saturated heterocycles. The van der Waals surface area contributed by atoms with Gasteiger partial charge >= 0.3 is 5.97 Å². The number of hydrogen-bond acceptors (Lipinski definition) is 6. The first-order chi connectivity index (χ1) is 17.4. The van der Waals surface area contributed by atoms with E-state index in [0.717, 1.165) is 64.2 Å². The number of ketones is 1. The Bertz CT molecular complexity index is 706. The fraction of sp³-hybridized carbons (Fsp3) is 0.800. The van der Waals surface area contributed by atoms with Crippen molar-refractivity contribution in [3.05, 3.63) is 12.2 Å². The van der Waals surface area contributed by atoms with Crippen molar-refractivity contribution in [3.63, 3.8) is 0 Å². The van der Waals surface area contributed by atoms with Gasteiger partial charge in [-0.15, -0.1) is 5.92 Å². The molecule has 0 bridgehead atoms. The van der Waals surface area contributed by atoms with Gasteiger partial charge in [-0.05, 0) is 39.0 Å². The summed E-state index contributed by atoms with van der Waals surface area (Å²) >= 11 is 0. The van der Waals surface area contributed by atoms with Crippen LogP contribution < -0.4 is 0 Å². The van der Waals surface area contributed by atoms with Crippen molar-refractivity contribution in [1.82, 2.24) is 0 Å². The lowest BCUT2D eigenvalue weighted by Gasteiger charge is -2.22. The normalized spacial score (nSPS) is 21.4. The topological polar surface area (TPSA) is 93.1 Å². The van der Waals surface area contributed by atoms with Gasteiger partial charge in [0.25, 0.3) is 0 Å². The van der Waals surface area contributed by atoms with E-state index in [1.807, 2.05) is 12.2 Å². The van der Waals surface area contributed by atoms with Crippen LogP contribution in [0.5, 0.6) is 0 Å². The largest absolute Gasteiger partial charge is 0.464 e. The Hall–Kier alpha value is -1.68. The zero-order valence-electron chi connectivity index (χ0n) is 22.9. The van der Waals surface area contributed by atoms with Crippen molar-refractivity contribution in [2.24, 2.45) is 11.8 Å². The van der Waals surface area contributed by atoms with Crippen molar-refractivity contribution in [3.8, 4) is 11.8 Å². The highest BCUT2D eigenvalue weighted by Crippen LogP contribution is 2.34. The van der Waals surface area contributed by atoms with Crippen LogP contribution in [0, 0.1) is 23.7 Å². The molecule has 1 rings (SSSR count). The number of Topliss-reactive ketones (excluding diaryl/α,β-unsaturated/α-hetero) is 1. The molecule has 0 aromatic rings. The van der Waals surface area contributed by atoms with Crippen LogP contribution in [0.25, 0.3) is 0 Å². The van der Waals surface area contributed by atoms with Gasteiger partial charge in [-0.3, -0.25) is 4.79 Å². The average molecular weight is 507 g/mol. The second-order valence-electron chi connectivity index (χ2n) is 10.1. The molecule has 0 aromatic carbocycles. The minimum atomic E-state index is -1.06. The van der Waals surface area contributed by atoms with Gasteiger partial charge in [0.05, 0.1) is 12.7 Å². The van der Waals surface area contributed by atoms with Gasteiger partial charge in [0.1, 0.15) is 18.0 Å². The van der Waals surface area contributed by atoms with E-state index in [9.17, 15) is 19.8 Å². The molecule has 1 aliphatic carbocycles. The van der Waals surface area contributed by atoms with E-state index >= 15 is 0 Å². The third kappa shape index (κ3) is 13.6. The number of hydrogen-bond donors (Lipinski definition) is 2. The molecule has 206 valence electrons. The highest BCUT2D eigenvalue weighted by atomic mass is 16.6. The maximum Gasteiger partial charge on any atom is 0.332 e. The van der Waals surface area contributed by atoms with E-state index < -0.39 is 11.7 Å². The molecule has 6 heteroatoms. The average Bonchev–Trinajstić information content (AvgIpc) is 3.11. The molecule has 0 aromatic heterocycles. The van der Waals surface area contributed by atoms with Gasteiger partial charge in [0, 0.05) is 31.3 Å². The van der Waals surface area contributed by atoms with Crippen LogP contribution in [0.2, 0.25) is 0 Å². The molecule has 2 N–H and O–H groups in total. The third-order valence-electron chi connectivity index (χ3n) is 6.88. The number of aliphatic hydroxyl groups excluding tert-OH is 1. The van der Waals surface area contributed by atoms with E-state index in [1.165, 1.54) is 0 Å². The summed E-state index contributed by atoms with van der Waals surface area (Å²) in [6, 6.07) is 0. The predicted octanol–water partition coefficient (Wildman–Crippen LogP) is 5.53. The summed E-state index contributed by atoms with van der Waals surface area (Å²) in [6.07, 6.45) is 15.1. The zero-order valence-corrected chi connectivity index (χ0v) is 22.9. The molecule has 0 radical (unpaired) electrons. The lowest BCUT2D eigenvalue weighted by Crippen LogP contribution is -2.26. The summed E-state index contributed by atoms with van der Waals surface area (Å²) in [6.45, 7) is 6.88. The summed E-state index contributed by atoms with van der Waals surface area (Å²) in [5, 5.41) is 21.4. The minimum Gasteiger partial charge on any atom is -0.464 e. The number of ether oxygens (including phenoxy) is 2. The van der Waals surface area contributed by atoms with Crippen LogP contribution in [-0.4, -0.2) is 53.5 Å². The van der Waals surface area contributed by atoms with Gasteiger partial charge < -0.3 is 19.7 Å². The third-order valence-corrected chi connectivity index (χ3v) is 6.88. The van der Waals surface area contributed by atoms with Gasteiger partial charge in [-0.25, -0.2) is 4.79 Å². The maximum atomic E-state index is 12.5. The quantitative estimate of drug-likeness (QED) is 0.0975. The van der Waals surface area contributed by atoms with Crippen LogP contribution in [0.3, 0.4) is 0 Å². The Morgan fingerprint density at radius 2 is 1.75 bits per heavy atom. The molecule has 0 heterocycles. The first kappa shape index (κ1) is 32.3. The molecule has 1 aliphatic rings. The summed E-state index contributed by atoms with van der Waals surface area (Å²) in [5.74, 6) is 5.10. The predicted molar refractivity (Wildman–Crippen MR) is 143 cm³/mol. The summed E-state index contributed by atoms with van der Waals surface area (Å²) in [4.78, 5) is 24.2. The van der Waals surface area contributed by atoms with Crippen LogP contribution in [0.15, 0.2) is 12.2 Å². The Kier molecular flexibility index (Phi) is 17.5. The van der Waals surface area contributed by atoms with Crippen LogP contribution in [0.4, 0.5) is 0 Å². The van der Waals surface area contributed by atoms with E-state index in [2.05, 4.69) is 25.7 Å². The van der Waals surface area contributed by atoms with Crippen molar-refractivity contribution in [2.45, 2.75) is 122 Å². The van der Waals surface area contributed by atoms with E-state index in [4.69, 9.17) is 9.47 Å². The summed E-state index contributed by atoms with van der Waals surface area (Å²) in [5.41, 5.74) is -1.06. The Labute approximate surface area is 219 Å². The molecule has 0 spiro atoms. The van der Waals surface area contributed by atoms with E-state index in [-0.39, 0.29) is 36.6 Å². The molecular weight excluding hydrogens is 456 g/mol. The smallest absolute Gasteiger partial charge is 0.332 e. The zero-order chi connectivity index (χ0) is 26.7. The Balaban J connectivity index is 2.39. The highest BCUT2D eigenvalue weighted by Gasteiger charge is 2.39. The molecule has 0 amide bonds. The first-order valence-corrected chi connectivity index (χ1v) is 14.1. The molecule has 1 unspecified atom stereocenters. The molecule has 1 fully saturated rings. The lowest BCUT2D eigenvalue weighted by atomic mass is 9.87. The van der Waals surface area contributed by atoms with E-state index in [1.54, 1.807) is 6.92 Å². The van der Waals surface area contributed by atoms with Gasteiger partial charge in [0.2, 0.25) is 0 Å². The van der Waals surface area contributed by atoms with Gasteiger partial charge in [0.15, 0.2) is 0 Å². The SMILES string of the molecule is CC#CC(O)(CC=C[C@H]1[C@H](O)CC(=O)[C@@H]1CCCCOCC(=O)OCCCCCC)CCCCCC. The number of rotatable bonds is 20. The monoisotopic (exact) mass is 506 g/mol. The maximum absolute atomic E-state index is 12.5. The first-order valence-electron chi connectivity index (χ1n) is 14.1. The number of esters is 1. The number of carbonyl (C=O) groups excluding carboxylic acids is 2. The number of carbonyl (C=O) groups is 2. The molecule has 0 aliphatic heterocycles. The summed E-state index contributed by atoms with van der Waals surface area (Å²) in [7, 11) is 0. The second kappa shape index (κ2) is 19.4. The lowest BCUT2D eigenvalue weighted by molar-refractivity contribution is -0.149. The molecule has 1 saturated carbocycles. The second-order valence-corrected chi connectivity index (χ2v) is 10.1. The Morgan fingerprint density at radius 3 is 2.44 bits per heavy atom. The van der Waals surface area contributed by atoms with Crippen LogP contribution >= 0.6 is 0 Å². The van der Waals surface area contributed by atoms with Crippen molar-refractivity contribution in [2.75, 3.05) is 19.8 Å². The number of aliphatic hydroxyl groups is 2. The van der Waals surface area contributed by atoms with Crippen molar-refractivity contribution in [1.29, 1.82) is 0 Å². The van der Waals surface area contributed by atoms with Gasteiger partial charge in [-0.1, -0.05) is 76.9 Å². The van der Waals surface area contributed by atoms with Crippen molar-refractivity contribution >= 4 is 11.8 Å². The standard InChI is InChI=1S/C30H50O6/c1-4-7-9-12-19-30(34,18-6-3)20-15-17-26-25(27(31)23-28(26)32)16-11-14-21-35-24-29(33)36-22-13-10-8-5-2/h15,17,25-26,28,32,34H,4-5,7-14,16,19-24H2,1-3H3/t25-,26-,28-,30?/m1/s1. The molecular formula is C30H50O6. The summed E-state index contributed by atoms with van der Waals surface area (Å²) < 4.78 is 10.6. The fourth-order valence-corrected chi connectivity index (χ4v) is 4.79. The molecule has 4 atom stereocenters. The van der Waals surface area contributed by atoms with Crippen molar-refractivity contribution < 1.29 is 29.3 Å². The molecule has 6 nitrogen and oxygen atoms in total. The fourth-order valence-electron chi connectivity index (χ4n) is 4.79. The Morgan fingerprint density at radius 1 is 1.06 bits per heavy atom. The number of unbranched alkanes of at least 4 members (excludes halogenated alkanes) is 7. The minimum absolute atomic E-state index is 0.0395. The van der Waals surface area contributed by atoms with Crippen LogP contribution in [0.1, 0.15) is 111 Å².